The van der Waals surface area contributed by atoms with Crippen LogP contribution in [-0.2, 0) is 17.6 Å². The van der Waals surface area contributed by atoms with Crippen molar-refractivity contribution in [3.05, 3.63) is 71.0 Å². The van der Waals surface area contributed by atoms with Crippen LogP contribution in [0.4, 0.5) is 4.39 Å². The second kappa shape index (κ2) is 9.39. The number of halogens is 1. The average molecular weight is 410 g/mol. The standard InChI is InChI=1S/C24H28FN3O2/c25-19-8-4-5-16(14-19)11-12-26-23(29)18-7-3-6-17(13-18)15-22-20-9-1-2-10-21(20)24(30)28-27-22/h3-8,13-14,20-22,27H,1-2,9-12,15H2,(H,26,29)(H,28,30). The fraction of sp³-hybridized carbons (Fsp3) is 0.417. The SMILES string of the molecule is O=C(NCCc1cccc(F)c1)c1cccc(CC2NNC(=O)C3CCCCC23)c1. The van der Waals surface area contributed by atoms with Gasteiger partial charge in [-0.1, -0.05) is 37.1 Å². The Balaban J connectivity index is 1.35. The number of amides is 2. The summed E-state index contributed by atoms with van der Waals surface area (Å²) in [6.45, 7) is 0.451. The lowest BCUT2D eigenvalue weighted by atomic mass is 9.72. The molecule has 2 aromatic carbocycles. The number of benzene rings is 2. The van der Waals surface area contributed by atoms with Crippen LogP contribution in [0.15, 0.2) is 48.5 Å². The average Bonchev–Trinajstić information content (AvgIpc) is 2.76. The highest BCUT2D eigenvalue weighted by Crippen LogP contribution is 2.35. The van der Waals surface area contributed by atoms with Crippen LogP contribution < -0.4 is 16.2 Å². The van der Waals surface area contributed by atoms with Gasteiger partial charge in [0.2, 0.25) is 5.91 Å². The van der Waals surface area contributed by atoms with Crippen molar-refractivity contribution in [3.63, 3.8) is 0 Å². The molecular weight excluding hydrogens is 381 g/mol. The third-order valence-electron chi connectivity index (χ3n) is 6.29. The summed E-state index contributed by atoms with van der Waals surface area (Å²) < 4.78 is 13.3. The van der Waals surface area contributed by atoms with Gasteiger partial charge in [0.05, 0.1) is 0 Å². The van der Waals surface area contributed by atoms with Crippen molar-refractivity contribution in [2.75, 3.05) is 6.54 Å². The molecule has 0 spiro atoms. The first-order chi connectivity index (χ1) is 14.6. The van der Waals surface area contributed by atoms with Gasteiger partial charge in [-0.25, -0.2) is 9.82 Å². The predicted molar refractivity (Wildman–Crippen MR) is 113 cm³/mol. The summed E-state index contributed by atoms with van der Waals surface area (Å²) in [4.78, 5) is 24.7. The maximum Gasteiger partial charge on any atom is 0.251 e. The summed E-state index contributed by atoms with van der Waals surface area (Å²) in [5.41, 5.74) is 8.58. The molecule has 1 saturated heterocycles. The number of fused-ring (bicyclic) bond motifs is 1. The molecule has 3 atom stereocenters. The van der Waals surface area contributed by atoms with Crippen molar-refractivity contribution in [2.24, 2.45) is 11.8 Å². The molecule has 6 heteroatoms. The Kier molecular flexibility index (Phi) is 6.43. The number of carbonyl (C=O) groups is 2. The third-order valence-corrected chi connectivity index (χ3v) is 6.29. The number of hydrazine groups is 1. The van der Waals surface area contributed by atoms with E-state index in [9.17, 15) is 14.0 Å². The van der Waals surface area contributed by atoms with E-state index in [0.29, 0.717) is 24.4 Å². The molecule has 1 aliphatic heterocycles. The minimum Gasteiger partial charge on any atom is -0.352 e. The largest absolute Gasteiger partial charge is 0.352 e. The number of nitrogens with one attached hydrogen (secondary N) is 3. The van der Waals surface area contributed by atoms with Crippen LogP contribution in [0.3, 0.4) is 0 Å². The maximum atomic E-state index is 13.3. The van der Waals surface area contributed by atoms with E-state index in [1.165, 1.54) is 18.6 Å². The van der Waals surface area contributed by atoms with Gasteiger partial charge in [-0.3, -0.25) is 15.0 Å². The minimum atomic E-state index is -0.265. The Hall–Kier alpha value is -2.73. The lowest BCUT2D eigenvalue weighted by Crippen LogP contribution is -2.60. The summed E-state index contributed by atoms with van der Waals surface area (Å²) in [6.07, 6.45) is 5.66. The molecular formula is C24H28FN3O2. The first-order valence-corrected chi connectivity index (χ1v) is 10.8. The molecule has 0 aromatic heterocycles. The van der Waals surface area contributed by atoms with E-state index < -0.39 is 0 Å². The van der Waals surface area contributed by atoms with Crippen molar-refractivity contribution in [3.8, 4) is 0 Å². The zero-order valence-corrected chi connectivity index (χ0v) is 17.0. The fourth-order valence-electron chi connectivity index (χ4n) is 4.74. The highest BCUT2D eigenvalue weighted by Gasteiger charge is 2.39. The van der Waals surface area contributed by atoms with E-state index in [1.807, 2.05) is 24.3 Å². The molecule has 3 unspecified atom stereocenters. The first-order valence-electron chi connectivity index (χ1n) is 10.8. The van der Waals surface area contributed by atoms with Gasteiger partial charge in [-0.15, -0.1) is 0 Å². The zero-order chi connectivity index (χ0) is 20.9. The van der Waals surface area contributed by atoms with Gasteiger partial charge >= 0.3 is 0 Å². The Morgan fingerprint density at radius 3 is 2.73 bits per heavy atom. The second-order valence-electron chi connectivity index (χ2n) is 8.34. The summed E-state index contributed by atoms with van der Waals surface area (Å²) >= 11 is 0. The Labute approximate surface area is 176 Å². The minimum absolute atomic E-state index is 0.0966. The number of carbonyl (C=O) groups excluding carboxylic acids is 2. The highest BCUT2D eigenvalue weighted by atomic mass is 19.1. The summed E-state index contributed by atoms with van der Waals surface area (Å²) in [5.74, 6) is 0.158. The quantitative estimate of drug-likeness (QED) is 0.687. The molecule has 1 heterocycles. The number of hydrogen-bond donors (Lipinski definition) is 3. The molecule has 158 valence electrons. The summed E-state index contributed by atoms with van der Waals surface area (Å²) in [7, 11) is 0. The van der Waals surface area contributed by atoms with E-state index in [0.717, 1.165) is 36.8 Å². The molecule has 0 bridgehead atoms. The molecule has 30 heavy (non-hydrogen) atoms. The van der Waals surface area contributed by atoms with Gasteiger partial charge in [-0.2, -0.15) is 0 Å². The Morgan fingerprint density at radius 2 is 1.87 bits per heavy atom. The van der Waals surface area contributed by atoms with Gasteiger partial charge in [0.25, 0.3) is 5.91 Å². The van der Waals surface area contributed by atoms with Crippen LogP contribution in [0.25, 0.3) is 0 Å². The van der Waals surface area contributed by atoms with Crippen LogP contribution >= 0.6 is 0 Å². The lowest BCUT2D eigenvalue weighted by Gasteiger charge is -2.41. The van der Waals surface area contributed by atoms with E-state index in [-0.39, 0.29) is 29.6 Å². The lowest BCUT2D eigenvalue weighted by molar-refractivity contribution is -0.133. The highest BCUT2D eigenvalue weighted by molar-refractivity contribution is 5.94. The molecule has 1 saturated carbocycles. The Morgan fingerprint density at radius 1 is 1.07 bits per heavy atom. The van der Waals surface area contributed by atoms with E-state index in [1.54, 1.807) is 12.1 Å². The van der Waals surface area contributed by atoms with Gasteiger partial charge in [0.1, 0.15) is 5.82 Å². The smallest absolute Gasteiger partial charge is 0.251 e. The molecule has 3 N–H and O–H groups in total. The third kappa shape index (κ3) is 4.87. The molecule has 1 aliphatic carbocycles. The normalized spacial score (nSPS) is 23.4. The first kappa shape index (κ1) is 20.5. The van der Waals surface area contributed by atoms with Crippen molar-refractivity contribution < 1.29 is 14.0 Å². The van der Waals surface area contributed by atoms with E-state index in [2.05, 4.69) is 16.2 Å². The van der Waals surface area contributed by atoms with Crippen LogP contribution in [0.1, 0.15) is 47.2 Å². The molecule has 2 fully saturated rings. The number of rotatable bonds is 6. The van der Waals surface area contributed by atoms with E-state index in [4.69, 9.17) is 0 Å². The Bertz CT molecular complexity index is 917. The number of hydrogen-bond acceptors (Lipinski definition) is 3. The molecule has 0 radical (unpaired) electrons. The van der Waals surface area contributed by atoms with Crippen LogP contribution in [0.2, 0.25) is 0 Å². The van der Waals surface area contributed by atoms with Crippen LogP contribution in [0, 0.1) is 17.7 Å². The van der Waals surface area contributed by atoms with Crippen molar-refractivity contribution in [2.45, 2.75) is 44.6 Å². The van der Waals surface area contributed by atoms with Gasteiger partial charge in [-0.05, 0) is 67.0 Å². The van der Waals surface area contributed by atoms with E-state index >= 15 is 0 Å². The second-order valence-corrected chi connectivity index (χ2v) is 8.34. The zero-order valence-electron chi connectivity index (χ0n) is 17.0. The van der Waals surface area contributed by atoms with Crippen molar-refractivity contribution in [1.82, 2.24) is 16.2 Å². The molecule has 5 nitrogen and oxygen atoms in total. The van der Waals surface area contributed by atoms with Crippen molar-refractivity contribution >= 4 is 11.8 Å². The molecule has 2 aliphatic rings. The summed E-state index contributed by atoms with van der Waals surface area (Å²) in [5, 5.41) is 2.91. The summed E-state index contributed by atoms with van der Waals surface area (Å²) in [6, 6.07) is 14.3. The van der Waals surface area contributed by atoms with Crippen molar-refractivity contribution in [1.29, 1.82) is 0 Å². The van der Waals surface area contributed by atoms with Crippen LogP contribution in [0.5, 0.6) is 0 Å². The molecule has 2 aromatic rings. The van der Waals surface area contributed by atoms with Gasteiger partial charge < -0.3 is 5.32 Å². The topological polar surface area (TPSA) is 70.2 Å². The fourth-order valence-corrected chi connectivity index (χ4v) is 4.74. The molecule has 4 rings (SSSR count). The molecule has 2 amide bonds. The van der Waals surface area contributed by atoms with Crippen LogP contribution in [-0.4, -0.2) is 24.4 Å². The van der Waals surface area contributed by atoms with Gasteiger partial charge in [0, 0.05) is 24.1 Å². The monoisotopic (exact) mass is 409 g/mol. The maximum absolute atomic E-state index is 13.3. The van der Waals surface area contributed by atoms with Gasteiger partial charge in [0.15, 0.2) is 0 Å². The predicted octanol–water partition coefficient (Wildman–Crippen LogP) is 3.15.